The van der Waals surface area contributed by atoms with Crippen LogP contribution < -0.4 is 5.32 Å². The molecule has 1 aromatic heterocycles. The Morgan fingerprint density at radius 1 is 1.62 bits per heavy atom. The molecule has 88 valence electrons. The van der Waals surface area contributed by atoms with Gasteiger partial charge in [0.1, 0.15) is 0 Å². The van der Waals surface area contributed by atoms with E-state index in [4.69, 9.17) is 5.11 Å². The summed E-state index contributed by atoms with van der Waals surface area (Å²) in [6, 6.07) is -0.333. The second kappa shape index (κ2) is 6.22. The molecule has 2 N–H and O–H groups in total. The van der Waals surface area contributed by atoms with E-state index in [0.717, 1.165) is 5.69 Å². The summed E-state index contributed by atoms with van der Waals surface area (Å²) < 4.78 is 0. The van der Waals surface area contributed by atoms with Gasteiger partial charge in [-0.1, -0.05) is 0 Å². The largest absolute Gasteiger partial charge is 0.481 e. The van der Waals surface area contributed by atoms with Gasteiger partial charge in [0.05, 0.1) is 17.6 Å². The number of carbonyl (C=O) groups is 2. The van der Waals surface area contributed by atoms with Gasteiger partial charge in [-0.15, -0.1) is 11.3 Å². The average Bonchev–Trinajstić information content (AvgIpc) is 2.65. The number of rotatable bonds is 6. The SMILES string of the molecule is CC(CC(=O)O)NC(=O)CCc1cscn1. The van der Waals surface area contributed by atoms with Crippen molar-refractivity contribution in [2.45, 2.75) is 32.2 Å². The Kier molecular flexibility index (Phi) is 4.91. The van der Waals surface area contributed by atoms with Crippen molar-refractivity contribution >= 4 is 23.2 Å². The van der Waals surface area contributed by atoms with Crippen molar-refractivity contribution < 1.29 is 14.7 Å². The number of aryl methyl sites for hydroxylation is 1. The zero-order valence-corrected chi connectivity index (χ0v) is 9.79. The normalized spacial score (nSPS) is 12.1. The summed E-state index contributed by atoms with van der Waals surface area (Å²) in [5, 5.41) is 13.0. The van der Waals surface area contributed by atoms with E-state index in [1.165, 1.54) is 11.3 Å². The number of aromatic nitrogens is 1. The minimum atomic E-state index is -0.910. The molecule has 0 aliphatic heterocycles. The number of thiazole rings is 1. The van der Waals surface area contributed by atoms with Gasteiger partial charge in [0, 0.05) is 17.8 Å². The van der Waals surface area contributed by atoms with Crippen molar-refractivity contribution in [2.24, 2.45) is 0 Å². The van der Waals surface area contributed by atoms with Gasteiger partial charge < -0.3 is 10.4 Å². The molecule has 0 saturated carbocycles. The Morgan fingerprint density at radius 2 is 2.38 bits per heavy atom. The predicted molar refractivity (Wildman–Crippen MR) is 60.3 cm³/mol. The molecule has 0 bridgehead atoms. The van der Waals surface area contributed by atoms with Crippen LogP contribution in [0.3, 0.4) is 0 Å². The van der Waals surface area contributed by atoms with Crippen LogP contribution in [0.25, 0.3) is 0 Å². The first-order valence-electron chi connectivity index (χ1n) is 4.96. The van der Waals surface area contributed by atoms with Crippen LogP contribution in [0.4, 0.5) is 0 Å². The highest BCUT2D eigenvalue weighted by molar-refractivity contribution is 7.07. The lowest BCUT2D eigenvalue weighted by Gasteiger charge is -2.10. The van der Waals surface area contributed by atoms with Gasteiger partial charge in [-0.3, -0.25) is 9.59 Å². The summed E-state index contributed by atoms with van der Waals surface area (Å²) in [5.74, 6) is -1.05. The highest BCUT2D eigenvalue weighted by atomic mass is 32.1. The highest BCUT2D eigenvalue weighted by Crippen LogP contribution is 2.04. The van der Waals surface area contributed by atoms with E-state index in [1.807, 2.05) is 5.38 Å². The van der Waals surface area contributed by atoms with Crippen LogP contribution in [-0.4, -0.2) is 28.0 Å². The molecule has 0 fully saturated rings. The van der Waals surface area contributed by atoms with Crippen LogP contribution in [-0.2, 0) is 16.0 Å². The van der Waals surface area contributed by atoms with Crippen molar-refractivity contribution in [2.75, 3.05) is 0 Å². The van der Waals surface area contributed by atoms with Gasteiger partial charge in [-0.2, -0.15) is 0 Å². The topological polar surface area (TPSA) is 79.3 Å². The van der Waals surface area contributed by atoms with Gasteiger partial charge in [-0.25, -0.2) is 4.98 Å². The number of nitrogens with one attached hydrogen (secondary N) is 1. The van der Waals surface area contributed by atoms with Gasteiger partial charge >= 0.3 is 5.97 Å². The monoisotopic (exact) mass is 242 g/mol. The van der Waals surface area contributed by atoms with Crippen LogP contribution in [0.2, 0.25) is 0 Å². The molecule has 0 aromatic carbocycles. The molecule has 0 aliphatic carbocycles. The maximum atomic E-state index is 11.4. The molecule has 0 radical (unpaired) electrons. The Balaban J connectivity index is 2.23. The zero-order chi connectivity index (χ0) is 12.0. The third-order valence-corrected chi connectivity index (χ3v) is 2.62. The lowest BCUT2D eigenvalue weighted by molar-refractivity contribution is -0.137. The first kappa shape index (κ1) is 12.6. The Bertz CT molecular complexity index is 351. The fourth-order valence-corrected chi connectivity index (χ4v) is 1.86. The minimum absolute atomic E-state index is 0.0531. The van der Waals surface area contributed by atoms with E-state index in [9.17, 15) is 9.59 Å². The van der Waals surface area contributed by atoms with Gasteiger partial charge in [0.15, 0.2) is 0 Å². The Morgan fingerprint density at radius 3 is 2.94 bits per heavy atom. The van der Waals surface area contributed by atoms with E-state index < -0.39 is 5.97 Å². The zero-order valence-electron chi connectivity index (χ0n) is 8.97. The molecule has 1 atom stereocenters. The number of carbonyl (C=O) groups excluding carboxylic acids is 1. The molecule has 0 saturated heterocycles. The number of hydrogen-bond acceptors (Lipinski definition) is 4. The van der Waals surface area contributed by atoms with E-state index >= 15 is 0 Å². The summed E-state index contributed by atoms with van der Waals surface area (Å²) in [6.07, 6.45) is 0.880. The van der Waals surface area contributed by atoms with E-state index in [2.05, 4.69) is 10.3 Å². The third kappa shape index (κ3) is 4.88. The quantitative estimate of drug-likeness (QED) is 0.781. The van der Waals surface area contributed by atoms with Crippen molar-refractivity contribution in [1.82, 2.24) is 10.3 Å². The summed E-state index contributed by atoms with van der Waals surface area (Å²) in [6.45, 7) is 1.68. The maximum absolute atomic E-state index is 11.4. The molecule has 1 unspecified atom stereocenters. The molecule has 1 amide bonds. The van der Waals surface area contributed by atoms with Gasteiger partial charge in [0.25, 0.3) is 0 Å². The van der Waals surface area contributed by atoms with E-state index in [-0.39, 0.29) is 18.4 Å². The molecule has 1 rings (SSSR count). The first-order chi connectivity index (χ1) is 7.58. The molecule has 16 heavy (non-hydrogen) atoms. The summed E-state index contributed by atoms with van der Waals surface area (Å²) >= 11 is 1.49. The number of carboxylic acids is 1. The van der Waals surface area contributed by atoms with Crippen LogP contribution in [0.15, 0.2) is 10.9 Å². The number of carboxylic acid groups (broad SMARTS) is 1. The number of hydrogen-bond donors (Lipinski definition) is 2. The number of nitrogens with zero attached hydrogens (tertiary/aromatic N) is 1. The number of amides is 1. The maximum Gasteiger partial charge on any atom is 0.305 e. The summed E-state index contributed by atoms with van der Waals surface area (Å²) in [4.78, 5) is 25.8. The molecular weight excluding hydrogens is 228 g/mol. The summed E-state index contributed by atoms with van der Waals surface area (Å²) in [7, 11) is 0. The fourth-order valence-electron chi connectivity index (χ4n) is 1.26. The average molecular weight is 242 g/mol. The van der Waals surface area contributed by atoms with Crippen LogP contribution in [0.1, 0.15) is 25.5 Å². The highest BCUT2D eigenvalue weighted by Gasteiger charge is 2.10. The van der Waals surface area contributed by atoms with Crippen LogP contribution in [0.5, 0.6) is 0 Å². The van der Waals surface area contributed by atoms with Crippen LogP contribution in [0, 0.1) is 0 Å². The van der Waals surface area contributed by atoms with Crippen LogP contribution >= 0.6 is 11.3 Å². The molecule has 0 spiro atoms. The molecule has 6 heteroatoms. The summed E-state index contributed by atoms with van der Waals surface area (Å²) in [5.41, 5.74) is 2.62. The lowest BCUT2D eigenvalue weighted by Crippen LogP contribution is -2.34. The van der Waals surface area contributed by atoms with Crippen molar-refractivity contribution in [3.05, 3.63) is 16.6 Å². The smallest absolute Gasteiger partial charge is 0.305 e. The minimum Gasteiger partial charge on any atom is -0.481 e. The first-order valence-corrected chi connectivity index (χ1v) is 5.90. The van der Waals surface area contributed by atoms with Gasteiger partial charge in [-0.05, 0) is 13.3 Å². The lowest BCUT2D eigenvalue weighted by atomic mass is 10.2. The Labute approximate surface area is 97.5 Å². The number of aliphatic carboxylic acids is 1. The molecule has 1 heterocycles. The second-order valence-corrected chi connectivity index (χ2v) is 4.26. The predicted octanol–water partition coefficient (Wildman–Crippen LogP) is 1.06. The molecule has 1 aromatic rings. The molecule has 0 aliphatic rings. The second-order valence-electron chi connectivity index (χ2n) is 3.55. The van der Waals surface area contributed by atoms with Crippen molar-refractivity contribution in [1.29, 1.82) is 0 Å². The van der Waals surface area contributed by atoms with Crippen molar-refractivity contribution in [3.63, 3.8) is 0 Å². The molecule has 5 nitrogen and oxygen atoms in total. The van der Waals surface area contributed by atoms with Crippen molar-refractivity contribution in [3.8, 4) is 0 Å². The standard InChI is InChI=1S/C10H14N2O3S/c1-7(4-10(14)15)12-9(13)3-2-8-5-16-6-11-8/h5-7H,2-4H2,1H3,(H,12,13)(H,14,15). The van der Waals surface area contributed by atoms with Gasteiger partial charge in [0.2, 0.25) is 5.91 Å². The fraction of sp³-hybridized carbons (Fsp3) is 0.500. The van der Waals surface area contributed by atoms with E-state index in [1.54, 1.807) is 12.4 Å². The Hall–Kier alpha value is -1.43. The molecular formula is C10H14N2O3S. The van der Waals surface area contributed by atoms with E-state index in [0.29, 0.717) is 12.8 Å². The third-order valence-electron chi connectivity index (χ3n) is 1.98.